The van der Waals surface area contributed by atoms with E-state index in [1.54, 1.807) is 0 Å². The minimum atomic E-state index is -1.75. The van der Waals surface area contributed by atoms with Crippen molar-refractivity contribution >= 4 is 38.7 Å². The van der Waals surface area contributed by atoms with Crippen LogP contribution in [0.15, 0.2) is 30.6 Å². The molecule has 5 N–H and O–H groups in total. The summed E-state index contributed by atoms with van der Waals surface area (Å²) < 4.78 is 26.3. The summed E-state index contributed by atoms with van der Waals surface area (Å²) in [5.74, 6) is -3.43. The Morgan fingerprint density at radius 2 is 1.49 bits per heavy atom. The van der Waals surface area contributed by atoms with E-state index in [-0.39, 0.29) is 21.5 Å². The van der Waals surface area contributed by atoms with Crippen molar-refractivity contribution in [3.8, 4) is 23.0 Å². The van der Waals surface area contributed by atoms with Gasteiger partial charge in [0.1, 0.15) is 12.2 Å². The van der Waals surface area contributed by atoms with Crippen LogP contribution in [0.2, 0.25) is 0 Å². The number of carbonyl (C=O) groups is 1. The van der Waals surface area contributed by atoms with E-state index in [2.05, 4.69) is 0 Å². The van der Waals surface area contributed by atoms with Crippen molar-refractivity contribution in [3.05, 3.63) is 33.0 Å². The fraction of sp³-hybridized carbons (Fsp3) is 0.318. The average molecular weight is 490 g/mol. The first-order chi connectivity index (χ1) is 16.5. The minimum absolute atomic E-state index is 0.0785. The Hall–Kier alpha value is -4.07. The third-order valence-electron chi connectivity index (χ3n) is 5.86. The zero-order chi connectivity index (χ0) is 25.3. The lowest BCUT2D eigenvalue weighted by Crippen LogP contribution is -2.59. The number of rotatable bonds is 3. The molecule has 35 heavy (non-hydrogen) atoms. The zero-order valence-corrected chi connectivity index (χ0v) is 18.0. The Kier molecular flexibility index (Phi) is 5.01. The summed E-state index contributed by atoms with van der Waals surface area (Å²) in [5, 5.41) is 51.0. The van der Waals surface area contributed by atoms with Crippen molar-refractivity contribution < 1.29 is 53.4 Å². The summed E-state index contributed by atoms with van der Waals surface area (Å²) in [4.78, 5) is 36.5. The molecule has 0 aliphatic carbocycles. The number of carbonyl (C=O) groups excluding carboxylic acids is 1. The second kappa shape index (κ2) is 7.73. The maximum Gasteiger partial charge on any atom is 0.344 e. The Bertz CT molecular complexity index is 1600. The molecule has 0 spiro atoms. The van der Waals surface area contributed by atoms with Gasteiger partial charge in [-0.25, -0.2) is 9.59 Å². The number of aliphatic hydroxyl groups is 2. The summed E-state index contributed by atoms with van der Waals surface area (Å²) in [7, 11) is 0. The van der Waals surface area contributed by atoms with Crippen molar-refractivity contribution in [1.29, 1.82) is 0 Å². The molecule has 0 saturated carbocycles. The lowest BCUT2D eigenvalue weighted by molar-refractivity contribution is -0.272. The molecule has 1 aliphatic heterocycles. The topological polar surface area (TPSA) is 206 Å². The van der Waals surface area contributed by atoms with Gasteiger partial charge < -0.3 is 48.6 Å². The largest absolute Gasteiger partial charge is 0.504 e. The third kappa shape index (κ3) is 3.31. The predicted octanol–water partition coefficient (Wildman–Crippen LogP) is 0.384. The van der Waals surface area contributed by atoms with Crippen molar-refractivity contribution in [1.82, 2.24) is 0 Å². The van der Waals surface area contributed by atoms with Crippen LogP contribution >= 0.6 is 0 Å². The van der Waals surface area contributed by atoms with Gasteiger partial charge in [-0.2, -0.15) is 0 Å². The molecule has 13 heteroatoms. The van der Waals surface area contributed by atoms with E-state index in [1.807, 2.05) is 0 Å². The van der Waals surface area contributed by atoms with Gasteiger partial charge in [0.25, 0.3) is 0 Å². The SMILES string of the molecule is CC(=O)O[C@@H]1[C@@H](O)[C@@H](O)[C@H](Oc2cc3c(=O)oc4c(O)c(O)cc5c(=O)oc(c2O)c3c45)O[C@H]1C. The molecule has 0 radical (unpaired) electrons. The smallest absolute Gasteiger partial charge is 0.344 e. The predicted molar refractivity (Wildman–Crippen MR) is 115 cm³/mol. The molecule has 5 atom stereocenters. The molecule has 184 valence electrons. The molecular formula is C22H18O13. The Morgan fingerprint density at radius 3 is 2.09 bits per heavy atom. The van der Waals surface area contributed by atoms with E-state index >= 15 is 0 Å². The van der Waals surface area contributed by atoms with Gasteiger partial charge in [0, 0.05) is 17.7 Å². The molecule has 0 amide bonds. The quantitative estimate of drug-likeness (QED) is 0.114. The number of hydrogen-bond donors (Lipinski definition) is 5. The number of hydrogen-bond acceptors (Lipinski definition) is 13. The first-order valence-electron chi connectivity index (χ1n) is 10.3. The van der Waals surface area contributed by atoms with Gasteiger partial charge in [-0.05, 0) is 19.1 Å². The minimum Gasteiger partial charge on any atom is -0.504 e. The van der Waals surface area contributed by atoms with Crippen LogP contribution in [0.3, 0.4) is 0 Å². The van der Waals surface area contributed by atoms with Gasteiger partial charge in [-0.1, -0.05) is 0 Å². The highest BCUT2D eigenvalue weighted by atomic mass is 16.7. The van der Waals surface area contributed by atoms with Crippen molar-refractivity contribution in [2.24, 2.45) is 0 Å². The van der Waals surface area contributed by atoms with Crippen LogP contribution in [0.25, 0.3) is 32.7 Å². The van der Waals surface area contributed by atoms with Crippen LogP contribution in [0.5, 0.6) is 23.0 Å². The fourth-order valence-corrected chi connectivity index (χ4v) is 4.24. The van der Waals surface area contributed by atoms with Crippen molar-refractivity contribution in [2.45, 2.75) is 44.6 Å². The highest BCUT2D eigenvalue weighted by molar-refractivity contribution is 6.22. The number of aliphatic hydroxyl groups excluding tert-OH is 2. The van der Waals surface area contributed by atoms with Crippen LogP contribution in [-0.4, -0.2) is 62.2 Å². The summed E-state index contributed by atoms with van der Waals surface area (Å²) in [6.45, 7) is 2.57. The van der Waals surface area contributed by atoms with E-state index in [4.69, 9.17) is 23.0 Å². The van der Waals surface area contributed by atoms with E-state index in [9.17, 15) is 39.9 Å². The van der Waals surface area contributed by atoms with Crippen molar-refractivity contribution in [3.63, 3.8) is 0 Å². The second-order valence-electron chi connectivity index (χ2n) is 8.13. The summed E-state index contributed by atoms with van der Waals surface area (Å²) in [6, 6.07) is 1.97. The van der Waals surface area contributed by atoms with Gasteiger partial charge in [0.15, 0.2) is 28.8 Å². The summed E-state index contributed by atoms with van der Waals surface area (Å²) in [5.41, 5.74) is -3.03. The molecule has 3 heterocycles. The van der Waals surface area contributed by atoms with Crippen LogP contribution in [0.1, 0.15) is 13.8 Å². The molecule has 2 aromatic carbocycles. The first kappa shape index (κ1) is 22.7. The number of phenols is 3. The molecule has 13 nitrogen and oxygen atoms in total. The van der Waals surface area contributed by atoms with E-state index in [0.29, 0.717) is 0 Å². The number of ether oxygens (including phenoxy) is 3. The molecule has 0 unspecified atom stereocenters. The van der Waals surface area contributed by atoms with Crippen LogP contribution in [-0.2, 0) is 14.3 Å². The molecule has 5 rings (SSSR count). The van der Waals surface area contributed by atoms with Crippen molar-refractivity contribution in [2.75, 3.05) is 0 Å². The molecule has 0 bridgehead atoms. The molecule has 4 aromatic rings. The Labute approximate surface area is 193 Å². The van der Waals surface area contributed by atoms with Gasteiger partial charge in [0.05, 0.1) is 16.9 Å². The molecule has 2 aromatic heterocycles. The fourth-order valence-electron chi connectivity index (χ4n) is 4.24. The molecule has 1 saturated heterocycles. The summed E-state index contributed by atoms with van der Waals surface area (Å²) in [6.07, 6.45) is -7.09. The van der Waals surface area contributed by atoms with Gasteiger partial charge in [-0.15, -0.1) is 0 Å². The highest BCUT2D eigenvalue weighted by Gasteiger charge is 2.46. The lowest BCUT2D eigenvalue weighted by atomic mass is 9.99. The van der Waals surface area contributed by atoms with Crippen LogP contribution in [0, 0.1) is 0 Å². The van der Waals surface area contributed by atoms with Gasteiger partial charge in [-0.3, -0.25) is 4.79 Å². The lowest BCUT2D eigenvalue weighted by Gasteiger charge is -2.40. The molecular weight excluding hydrogens is 472 g/mol. The van der Waals surface area contributed by atoms with Gasteiger partial charge >= 0.3 is 17.2 Å². The average Bonchev–Trinajstić information content (AvgIpc) is 2.79. The van der Waals surface area contributed by atoms with E-state index in [0.717, 1.165) is 19.1 Å². The van der Waals surface area contributed by atoms with E-state index in [1.165, 1.54) is 6.92 Å². The van der Waals surface area contributed by atoms with Crippen LogP contribution < -0.4 is 16.0 Å². The maximum atomic E-state index is 12.7. The summed E-state index contributed by atoms with van der Waals surface area (Å²) >= 11 is 0. The molecule has 1 fully saturated rings. The highest BCUT2D eigenvalue weighted by Crippen LogP contribution is 2.45. The number of benzene rings is 2. The Balaban J connectivity index is 1.66. The van der Waals surface area contributed by atoms with Gasteiger partial charge in [0.2, 0.25) is 17.8 Å². The molecule has 1 aliphatic rings. The third-order valence-corrected chi connectivity index (χ3v) is 5.86. The normalized spacial score (nSPS) is 24.9. The number of aromatic hydroxyl groups is 3. The number of esters is 1. The second-order valence-corrected chi connectivity index (χ2v) is 8.13. The van der Waals surface area contributed by atoms with Crippen LogP contribution in [0.4, 0.5) is 0 Å². The first-order valence-corrected chi connectivity index (χ1v) is 10.3. The standard InChI is InChI=1S/C22H18O13/c1-5-17(32-6(2)23)15(27)16(28)22(31-5)33-10-4-8-12-11-7(20(29)35-19(12)14(10)26)3-9(24)13(25)18(11)34-21(8)30/h3-5,15-17,22,24-28H,1-2H3/t5-,15-,16+,17-,22-/m0/s1. The Morgan fingerprint density at radius 1 is 0.914 bits per heavy atom. The maximum absolute atomic E-state index is 12.7. The monoisotopic (exact) mass is 490 g/mol. The number of phenolic OH excluding ortho intramolecular Hbond substituents is 3. The zero-order valence-electron chi connectivity index (χ0n) is 18.0. The van der Waals surface area contributed by atoms with E-state index < -0.39 is 82.1 Å².